The van der Waals surface area contributed by atoms with Crippen LogP contribution in [0.25, 0.3) is 33.1 Å². The molecule has 5 aromatic carbocycles. The second-order valence-corrected chi connectivity index (χ2v) is 21.2. The third-order valence-corrected chi connectivity index (χ3v) is 17.5. The van der Waals surface area contributed by atoms with E-state index in [-0.39, 0.29) is 0 Å². The van der Waals surface area contributed by atoms with E-state index in [1.807, 2.05) is 0 Å². The molecule has 0 atom stereocenters. The Morgan fingerprint density at radius 1 is 0.448 bits per heavy atom. The van der Waals surface area contributed by atoms with Gasteiger partial charge in [0.05, 0.1) is 0 Å². The van der Waals surface area contributed by atoms with Gasteiger partial charge in [-0.25, -0.2) is 0 Å². The van der Waals surface area contributed by atoms with Crippen molar-refractivity contribution in [2.75, 3.05) is 4.90 Å². The standard InChI is InChI=1S/C56H59NO/c1-2-7-42(8-3-1)43-13-17-45(18-14-43)57(47-21-22-49-48-9-4-5-12-52(48)58-53(49)29-47)46-19-15-44(16-20-46)54-50(55-30-36-23-37(31-55)25-38(24-36)32-55)10-6-11-51(54)56-33-39-26-40(34-56)28-41(27-39)35-56/h4-6,9-22,29,36-42H,1-3,7-8,23-28,30-35H2. The molecule has 1 heterocycles. The molecule has 9 saturated carbocycles. The molecule has 6 aromatic rings. The number of rotatable bonds is 7. The van der Waals surface area contributed by atoms with Crippen molar-refractivity contribution in [2.45, 2.75) is 126 Å². The maximum absolute atomic E-state index is 6.49. The molecule has 0 saturated heterocycles. The average Bonchev–Trinajstić information content (AvgIpc) is 3.61. The van der Waals surface area contributed by atoms with Crippen LogP contribution in [0.4, 0.5) is 17.1 Å². The van der Waals surface area contributed by atoms with Crippen LogP contribution < -0.4 is 4.90 Å². The number of hydrogen-bond acceptors (Lipinski definition) is 2. The first-order valence-corrected chi connectivity index (χ1v) is 23.6. The lowest BCUT2D eigenvalue weighted by atomic mass is 9.45. The van der Waals surface area contributed by atoms with E-state index in [0.717, 1.165) is 52.4 Å². The van der Waals surface area contributed by atoms with Gasteiger partial charge in [-0.05, 0) is 212 Å². The molecule has 15 rings (SSSR count). The molecule has 0 unspecified atom stereocenters. The lowest BCUT2D eigenvalue weighted by molar-refractivity contribution is -0.00783. The predicted octanol–water partition coefficient (Wildman–Crippen LogP) is 15.7. The summed E-state index contributed by atoms with van der Waals surface area (Å²) in [5.74, 6) is 6.32. The van der Waals surface area contributed by atoms with Gasteiger partial charge in [-0.3, -0.25) is 0 Å². The molecule has 294 valence electrons. The van der Waals surface area contributed by atoms with E-state index in [1.54, 1.807) is 16.7 Å². The van der Waals surface area contributed by atoms with Crippen LogP contribution in [0.1, 0.15) is 132 Å². The predicted molar refractivity (Wildman–Crippen MR) is 239 cm³/mol. The maximum atomic E-state index is 6.49. The number of hydrogen-bond donors (Lipinski definition) is 0. The van der Waals surface area contributed by atoms with E-state index in [1.165, 1.54) is 142 Å². The molecule has 9 aliphatic carbocycles. The van der Waals surface area contributed by atoms with E-state index >= 15 is 0 Å². The van der Waals surface area contributed by atoms with Gasteiger partial charge in [0.2, 0.25) is 0 Å². The highest BCUT2D eigenvalue weighted by molar-refractivity contribution is 6.06. The first-order valence-electron chi connectivity index (χ1n) is 23.6. The first kappa shape index (κ1) is 34.6. The normalized spacial score (nSPS) is 32.4. The number of nitrogens with zero attached hydrogens (tertiary/aromatic N) is 1. The quantitative estimate of drug-likeness (QED) is 0.161. The van der Waals surface area contributed by atoms with E-state index < -0.39 is 0 Å². The zero-order chi connectivity index (χ0) is 38.0. The van der Waals surface area contributed by atoms with E-state index in [2.05, 4.69) is 114 Å². The second kappa shape index (κ2) is 13.1. The highest BCUT2D eigenvalue weighted by Gasteiger charge is 2.55. The number of anilines is 3. The Labute approximate surface area is 345 Å². The van der Waals surface area contributed by atoms with Crippen molar-refractivity contribution < 1.29 is 4.42 Å². The maximum Gasteiger partial charge on any atom is 0.137 e. The lowest BCUT2D eigenvalue weighted by Crippen LogP contribution is -2.50. The summed E-state index contributed by atoms with van der Waals surface area (Å²) in [6, 6.07) is 42.7. The summed E-state index contributed by atoms with van der Waals surface area (Å²) in [4.78, 5) is 2.48. The fourth-order valence-corrected chi connectivity index (χ4v) is 16.0. The zero-order valence-corrected chi connectivity index (χ0v) is 34.3. The summed E-state index contributed by atoms with van der Waals surface area (Å²) in [5.41, 5.74) is 14.3. The highest BCUT2D eigenvalue weighted by atomic mass is 16.3. The molecule has 0 radical (unpaired) electrons. The average molecular weight is 762 g/mol. The summed E-state index contributed by atoms with van der Waals surface area (Å²) in [6.07, 6.45) is 24.2. The molecule has 2 nitrogen and oxygen atoms in total. The highest BCUT2D eigenvalue weighted by Crippen LogP contribution is 2.65. The van der Waals surface area contributed by atoms with E-state index in [0.29, 0.717) is 16.7 Å². The molecule has 8 bridgehead atoms. The van der Waals surface area contributed by atoms with Gasteiger partial charge >= 0.3 is 0 Å². The van der Waals surface area contributed by atoms with Crippen molar-refractivity contribution in [2.24, 2.45) is 35.5 Å². The molecule has 58 heavy (non-hydrogen) atoms. The number of fused-ring (bicyclic) bond motifs is 3. The van der Waals surface area contributed by atoms with Crippen molar-refractivity contribution in [1.82, 2.24) is 0 Å². The van der Waals surface area contributed by atoms with Crippen molar-refractivity contribution in [3.05, 3.63) is 126 Å². The van der Waals surface area contributed by atoms with Gasteiger partial charge in [-0.2, -0.15) is 0 Å². The fourth-order valence-electron chi connectivity index (χ4n) is 16.0. The summed E-state index contributed by atoms with van der Waals surface area (Å²) in [7, 11) is 0. The van der Waals surface area contributed by atoms with Crippen LogP contribution in [0, 0.1) is 35.5 Å². The smallest absolute Gasteiger partial charge is 0.137 e. The molecule has 0 amide bonds. The Morgan fingerprint density at radius 2 is 0.948 bits per heavy atom. The molecular formula is C56H59NO. The van der Waals surface area contributed by atoms with Crippen molar-refractivity contribution in [3.63, 3.8) is 0 Å². The topological polar surface area (TPSA) is 16.4 Å². The van der Waals surface area contributed by atoms with Crippen molar-refractivity contribution in [1.29, 1.82) is 0 Å². The Morgan fingerprint density at radius 3 is 1.52 bits per heavy atom. The Balaban J connectivity index is 0.943. The van der Waals surface area contributed by atoms with E-state index in [4.69, 9.17) is 4.42 Å². The van der Waals surface area contributed by atoms with Crippen molar-refractivity contribution in [3.8, 4) is 11.1 Å². The lowest BCUT2D eigenvalue weighted by Gasteiger charge is -2.59. The minimum Gasteiger partial charge on any atom is -0.456 e. The first-order chi connectivity index (χ1) is 28.5. The third kappa shape index (κ3) is 5.48. The van der Waals surface area contributed by atoms with Crippen LogP contribution in [0.2, 0.25) is 0 Å². The van der Waals surface area contributed by atoms with Crippen LogP contribution in [0.5, 0.6) is 0 Å². The summed E-state index contributed by atoms with van der Waals surface area (Å²) in [5, 5.41) is 2.37. The van der Waals surface area contributed by atoms with Gasteiger partial charge < -0.3 is 9.32 Å². The van der Waals surface area contributed by atoms with Crippen LogP contribution >= 0.6 is 0 Å². The number of benzene rings is 5. The SMILES string of the molecule is c1cc(C23CC4CC(CC(C4)C2)C3)c(-c2ccc(N(c3ccc(C4CCCCC4)cc3)c3ccc4c(c3)oc3ccccc34)cc2)c(C23CC4CC(CC(C4)C2)C3)c1. The van der Waals surface area contributed by atoms with Crippen LogP contribution in [-0.4, -0.2) is 0 Å². The number of furan rings is 1. The molecular weight excluding hydrogens is 703 g/mol. The molecule has 1 aromatic heterocycles. The molecule has 0 spiro atoms. The molecule has 0 N–H and O–H groups in total. The fraction of sp³-hybridized carbons (Fsp3) is 0.464. The summed E-state index contributed by atoms with van der Waals surface area (Å²) in [6.45, 7) is 0. The van der Waals surface area contributed by atoms with Crippen LogP contribution in [0.3, 0.4) is 0 Å². The van der Waals surface area contributed by atoms with Crippen LogP contribution in [0.15, 0.2) is 114 Å². The Hall–Kier alpha value is -4.30. The van der Waals surface area contributed by atoms with E-state index in [9.17, 15) is 0 Å². The van der Waals surface area contributed by atoms with Crippen molar-refractivity contribution >= 4 is 39.0 Å². The molecule has 9 aliphatic rings. The van der Waals surface area contributed by atoms with Crippen LogP contribution in [-0.2, 0) is 10.8 Å². The molecule has 0 aliphatic heterocycles. The summed E-state index contributed by atoms with van der Waals surface area (Å²) >= 11 is 0. The number of para-hydroxylation sites is 1. The van der Waals surface area contributed by atoms with Gasteiger partial charge in [0.25, 0.3) is 0 Å². The van der Waals surface area contributed by atoms with Gasteiger partial charge in [-0.15, -0.1) is 0 Å². The Kier molecular flexibility index (Phi) is 7.80. The third-order valence-electron chi connectivity index (χ3n) is 17.5. The Bertz CT molecular complexity index is 2380. The monoisotopic (exact) mass is 761 g/mol. The summed E-state index contributed by atoms with van der Waals surface area (Å²) < 4.78 is 6.49. The van der Waals surface area contributed by atoms with Gasteiger partial charge in [0, 0.05) is 33.9 Å². The minimum absolute atomic E-state index is 0.356. The molecule has 9 fully saturated rings. The minimum atomic E-state index is 0.356. The van der Waals surface area contributed by atoms with Gasteiger partial charge in [0.15, 0.2) is 0 Å². The van der Waals surface area contributed by atoms with Gasteiger partial charge in [-0.1, -0.05) is 79.9 Å². The largest absolute Gasteiger partial charge is 0.456 e. The van der Waals surface area contributed by atoms with Gasteiger partial charge in [0.1, 0.15) is 11.2 Å². The zero-order valence-electron chi connectivity index (χ0n) is 34.3. The molecule has 2 heteroatoms. The second-order valence-electron chi connectivity index (χ2n) is 21.2.